The van der Waals surface area contributed by atoms with Crippen molar-refractivity contribution < 1.29 is 9.53 Å². The van der Waals surface area contributed by atoms with Gasteiger partial charge < -0.3 is 15.4 Å². The van der Waals surface area contributed by atoms with Crippen LogP contribution in [0, 0.1) is 5.92 Å². The summed E-state index contributed by atoms with van der Waals surface area (Å²) in [6, 6.07) is 8.24. The molecule has 1 aromatic carbocycles. The van der Waals surface area contributed by atoms with E-state index in [1.54, 1.807) is 0 Å². The van der Waals surface area contributed by atoms with Crippen molar-refractivity contribution in [2.24, 2.45) is 5.92 Å². The molecule has 5 heteroatoms. The lowest BCUT2D eigenvalue weighted by atomic mass is 9.95. The van der Waals surface area contributed by atoms with Gasteiger partial charge in [-0.1, -0.05) is 18.2 Å². The second-order valence-electron chi connectivity index (χ2n) is 5.37. The lowest BCUT2D eigenvalue weighted by molar-refractivity contribution is -0.127. The van der Waals surface area contributed by atoms with E-state index >= 15 is 0 Å². The zero-order chi connectivity index (χ0) is 13.1. The van der Waals surface area contributed by atoms with Gasteiger partial charge in [0.25, 0.3) is 0 Å². The van der Waals surface area contributed by atoms with E-state index in [1.807, 2.05) is 24.3 Å². The third-order valence-corrected chi connectivity index (χ3v) is 3.89. The molecule has 0 saturated carbocycles. The fourth-order valence-electron chi connectivity index (χ4n) is 2.79. The van der Waals surface area contributed by atoms with Crippen LogP contribution in [-0.2, 0) is 11.2 Å². The Balaban J connectivity index is 0.00000147. The number of rotatable bonds is 2. The van der Waals surface area contributed by atoms with Crippen molar-refractivity contribution >= 4 is 18.3 Å². The molecule has 20 heavy (non-hydrogen) atoms. The number of piperidine rings is 1. The van der Waals surface area contributed by atoms with Crippen molar-refractivity contribution in [2.45, 2.75) is 25.3 Å². The van der Waals surface area contributed by atoms with Gasteiger partial charge in [-0.2, -0.15) is 0 Å². The molecule has 1 unspecified atom stereocenters. The summed E-state index contributed by atoms with van der Waals surface area (Å²) in [5.74, 6) is 0.992. The number of nitrogens with one attached hydrogen (secondary N) is 2. The topological polar surface area (TPSA) is 50.4 Å². The standard InChI is InChI=1S/C15H20N2O2.ClH/c18-15(17-13-5-3-7-16-9-13)12-8-11-4-1-2-6-14(11)19-10-12;/h1-2,4,6,12-13,16H,3,5,7-10H2,(H,17,18);1H/t12?,13-;/m0./s1. The first-order chi connectivity index (χ1) is 9.33. The maximum absolute atomic E-state index is 12.3. The Morgan fingerprint density at radius 1 is 1.35 bits per heavy atom. The van der Waals surface area contributed by atoms with Crippen LogP contribution in [0.2, 0.25) is 0 Å². The minimum atomic E-state index is -0.0585. The molecule has 1 amide bonds. The molecule has 1 fully saturated rings. The maximum Gasteiger partial charge on any atom is 0.227 e. The summed E-state index contributed by atoms with van der Waals surface area (Å²) < 4.78 is 5.67. The van der Waals surface area contributed by atoms with Crippen LogP contribution >= 0.6 is 12.4 Å². The normalized spacial score (nSPS) is 24.8. The summed E-state index contributed by atoms with van der Waals surface area (Å²) in [4.78, 5) is 12.3. The molecule has 110 valence electrons. The molecule has 3 rings (SSSR count). The predicted octanol–water partition coefficient (Wildman–Crippen LogP) is 1.53. The third-order valence-electron chi connectivity index (χ3n) is 3.89. The van der Waals surface area contributed by atoms with Crippen molar-refractivity contribution in [2.75, 3.05) is 19.7 Å². The highest BCUT2D eigenvalue weighted by atomic mass is 35.5. The van der Waals surface area contributed by atoms with Gasteiger partial charge in [0.15, 0.2) is 0 Å². The summed E-state index contributed by atoms with van der Waals surface area (Å²) in [5, 5.41) is 6.45. The molecular weight excluding hydrogens is 276 g/mol. The minimum absolute atomic E-state index is 0. The third kappa shape index (κ3) is 3.44. The second-order valence-corrected chi connectivity index (χ2v) is 5.37. The quantitative estimate of drug-likeness (QED) is 0.870. The van der Waals surface area contributed by atoms with Gasteiger partial charge in [0, 0.05) is 12.6 Å². The zero-order valence-electron chi connectivity index (χ0n) is 11.4. The van der Waals surface area contributed by atoms with E-state index in [4.69, 9.17) is 4.74 Å². The number of benzene rings is 1. The van der Waals surface area contributed by atoms with Crippen molar-refractivity contribution in [3.8, 4) is 5.75 Å². The Bertz CT molecular complexity index is 461. The summed E-state index contributed by atoms with van der Waals surface area (Å²) in [6.45, 7) is 2.44. The van der Waals surface area contributed by atoms with E-state index in [9.17, 15) is 4.79 Å². The predicted molar refractivity (Wildman–Crippen MR) is 80.4 cm³/mol. The van der Waals surface area contributed by atoms with Crippen LogP contribution in [0.25, 0.3) is 0 Å². The molecule has 2 aliphatic heterocycles. The fraction of sp³-hybridized carbons (Fsp3) is 0.533. The average Bonchev–Trinajstić information content (AvgIpc) is 2.48. The highest BCUT2D eigenvalue weighted by molar-refractivity contribution is 5.85. The minimum Gasteiger partial charge on any atom is -0.492 e. The van der Waals surface area contributed by atoms with Crippen LogP contribution in [-0.4, -0.2) is 31.6 Å². The van der Waals surface area contributed by atoms with Crippen molar-refractivity contribution in [3.05, 3.63) is 29.8 Å². The first-order valence-corrected chi connectivity index (χ1v) is 7.05. The van der Waals surface area contributed by atoms with Crippen LogP contribution in [0.5, 0.6) is 5.75 Å². The number of hydrogen-bond acceptors (Lipinski definition) is 3. The largest absolute Gasteiger partial charge is 0.492 e. The Labute approximate surface area is 125 Å². The van der Waals surface area contributed by atoms with E-state index in [0.717, 1.165) is 43.7 Å². The van der Waals surface area contributed by atoms with Crippen molar-refractivity contribution in [3.63, 3.8) is 0 Å². The highest BCUT2D eigenvalue weighted by Gasteiger charge is 2.27. The monoisotopic (exact) mass is 296 g/mol. The smallest absolute Gasteiger partial charge is 0.227 e. The number of fused-ring (bicyclic) bond motifs is 1. The number of hydrogen-bond donors (Lipinski definition) is 2. The van der Waals surface area contributed by atoms with E-state index in [2.05, 4.69) is 10.6 Å². The molecule has 4 nitrogen and oxygen atoms in total. The van der Waals surface area contributed by atoms with Gasteiger partial charge in [-0.3, -0.25) is 4.79 Å². The van der Waals surface area contributed by atoms with Gasteiger partial charge in [0.2, 0.25) is 5.91 Å². The second kappa shape index (κ2) is 6.95. The lowest BCUT2D eigenvalue weighted by Crippen LogP contribution is -2.49. The summed E-state index contributed by atoms with van der Waals surface area (Å²) in [6.07, 6.45) is 2.99. The van der Waals surface area contributed by atoms with Crippen molar-refractivity contribution in [1.29, 1.82) is 0 Å². The Hall–Kier alpha value is -1.26. The average molecular weight is 297 g/mol. The Morgan fingerprint density at radius 3 is 3.00 bits per heavy atom. The van der Waals surface area contributed by atoms with E-state index in [-0.39, 0.29) is 30.3 Å². The van der Waals surface area contributed by atoms with Gasteiger partial charge in [0.1, 0.15) is 12.4 Å². The number of halogens is 1. The summed E-state index contributed by atoms with van der Waals surface area (Å²) in [5.41, 5.74) is 1.13. The molecular formula is C15H21ClN2O2. The molecule has 0 bridgehead atoms. The van der Waals surface area contributed by atoms with Crippen LogP contribution in [0.4, 0.5) is 0 Å². The van der Waals surface area contributed by atoms with E-state index in [1.165, 1.54) is 0 Å². The SMILES string of the molecule is Cl.O=C(N[C@H]1CCCNC1)C1COc2ccccc2C1. The molecule has 2 N–H and O–H groups in total. The maximum atomic E-state index is 12.3. The number of carbonyl (C=O) groups is 1. The molecule has 2 heterocycles. The molecule has 0 radical (unpaired) electrons. The molecule has 0 aliphatic carbocycles. The van der Waals surface area contributed by atoms with Gasteiger partial charge in [-0.15, -0.1) is 12.4 Å². The molecule has 2 aliphatic rings. The Kier molecular flexibility index (Phi) is 5.26. The fourth-order valence-corrected chi connectivity index (χ4v) is 2.79. The van der Waals surface area contributed by atoms with Gasteiger partial charge in [-0.05, 0) is 37.4 Å². The molecule has 0 spiro atoms. The number of amides is 1. The van der Waals surface area contributed by atoms with Crippen LogP contribution in [0.15, 0.2) is 24.3 Å². The van der Waals surface area contributed by atoms with E-state index in [0.29, 0.717) is 6.61 Å². The van der Waals surface area contributed by atoms with Gasteiger partial charge in [0.05, 0.1) is 5.92 Å². The Morgan fingerprint density at radius 2 is 2.20 bits per heavy atom. The first-order valence-electron chi connectivity index (χ1n) is 7.05. The lowest BCUT2D eigenvalue weighted by Gasteiger charge is -2.28. The van der Waals surface area contributed by atoms with Crippen LogP contribution in [0.3, 0.4) is 0 Å². The van der Waals surface area contributed by atoms with Gasteiger partial charge in [-0.25, -0.2) is 0 Å². The van der Waals surface area contributed by atoms with E-state index < -0.39 is 0 Å². The summed E-state index contributed by atoms with van der Waals surface area (Å²) in [7, 11) is 0. The summed E-state index contributed by atoms with van der Waals surface area (Å²) >= 11 is 0. The number of carbonyl (C=O) groups excluding carboxylic acids is 1. The zero-order valence-corrected chi connectivity index (χ0v) is 12.2. The molecule has 2 atom stereocenters. The molecule has 0 aromatic heterocycles. The van der Waals surface area contributed by atoms with Gasteiger partial charge >= 0.3 is 0 Å². The highest BCUT2D eigenvalue weighted by Crippen LogP contribution is 2.26. The number of ether oxygens (including phenoxy) is 1. The van der Waals surface area contributed by atoms with Crippen LogP contribution < -0.4 is 15.4 Å². The van der Waals surface area contributed by atoms with Crippen molar-refractivity contribution in [1.82, 2.24) is 10.6 Å². The molecule has 1 aromatic rings. The number of para-hydroxylation sites is 1. The molecule has 1 saturated heterocycles. The van der Waals surface area contributed by atoms with Crippen LogP contribution in [0.1, 0.15) is 18.4 Å². The first kappa shape index (κ1) is 15.1.